The Balaban J connectivity index is 2.42. The number of hydrogen-bond acceptors (Lipinski definition) is 3. The highest BCUT2D eigenvalue weighted by molar-refractivity contribution is 9.10. The highest BCUT2D eigenvalue weighted by atomic mass is 79.9. The van der Waals surface area contributed by atoms with Gasteiger partial charge in [0, 0.05) is 9.50 Å². The van der Waals surface area contributed by atoms with Gasteiger partial charge in [-0.15, -0.1) is 11.8 Å². The van der Waals surface area contributed by atoms with Gasteiger partial charge in [-0.05, 0) is 34.1 Å². The number of imide groups is 1. The molecule has 0 unspecified atom stereocenters. The third-order valence-electron chi connectivity index (χ3n) is 2.10. The number of benzene rings is 1. The third kappa shape index (κ3) is 2.26. The van der Waals surface area contributed by atoms with Crippen LogP contribution in [-0.2, 0) is 9.59 Å². The van der Waals surface area contributed by atoms with Crippen molar-refractivity contribution in [2.24, 2.45) is 0 Å². The number of anilines is 1. The molecule has 3 nitrogen and oxygen atoms in total. The van der Waals surface area contributed by atoms with Gasteiger partial charge in [-0.1, -0.05) is 11.6 Å². The van der Waals surface area contributed by atoms with Gasteiger partial charge in [-0.3, -0.25) is 9.59 Å². The molecular weight excluding hydrogens is 314 g/mol. The van der Waals surface area contributed by atoms with Crippen molar-refractivity contribution in [3.05, 3.63) is 27.7 Å². The summed E-state index contributed by atoms with van der Waals surface area (Å²) in [6.45, 7) is 0. The van der Waals surface area contributed by atoms with E-state index in [-0.39, 0.29) is 11.8 Å². The lowest BCUT2D eigenvalue weighted by Crippen LogP contribution is -2.43. The molecule has 0 aromatic heterocycles. The standard InChI is InChI=1S/C10H7BrClNO2S/c11-7-3-6(12)1-2-8(7)13-9(14)4-16-5-10(13)15/h1-3H,4-5H2. The van der Waals surface area contributed by atoms with E-state index in [1.165, 1.54) is 16.7 Å². The van der Waals surface area contributed by atoms with Crippen molar-refractivity contribution >= 4 is 56.8 Å². The van der Waals surface area contributed by atoms with Gasteiger partial charge in [0.25, 0.3) is 0 Å². The van der Waals surface area contributed by atoms with Crippen LogP contribution in [0, 0.1) is 0 Å². The average Bonchev–Trinajstić information content (AvgIpc) is 2.20. The van der Waals surface area contributed by atoms with Crippen LogP contribution in [0.5, 0.6) is 0 Å². The second-order valence-corrected chi connectivity index (χ2v) is 5.49. The highest BCUT2D eigenvalue weighted by Crippen LogP contribution is 2.31. The quantitative estimate of drug-likeness (QED) is 0.747. The van der Waals surface area contributed by atoms with Gasteiger partial charge in [0.15, 0.2) is 0 Å². The van der Waals surface area contributed by atoms with Gasteiger partial charge >= 0.3 is 0 Å². The largest absolute Gasteiger partial charge is 0.273 e. The van der Waals surface area contributed by atoms with Crippen LogP contribution in [0.2, 0.25) is 5.02 Å². The number of rotatable bonds is 1. The number of amides is 2. The van der Waals surface area contributed by atoms with Crippen LogP contribution in [0.25, 0.3) is 0 Å². The van der Waals surface area contributed by atoms with Crippen molar-refractivity contribution in [2.45, 2.75) is 0 Å². The topological polar surface area (TPSA) is 37.4 Å². The van der Waals surface area contributed by atoms with Gasteiger partial charge in [-0.2, -0.15) is 0 Å². The molecule has 1 aliphatic heterocycles. The van der Waals surface area contributed by atoms with E-state index >= 15 is 0 Å². The summed E-state index contributed by atoms with van der Waals surface area (Å²) in [6, 6.07) is 4.99. The SMILES string of the molecule is O=C1CSCC(=O)N1c1ccc(Cl)cc1Br. The molecule has 6 heteroatoms. The van der Waals surface area contributed by atoms with Crippen LogP contribution in [0.15, 0.2) is 22.7 Å². The monoisotopic (exact) mass is 319 g/mol. The molecule has 0 atom stereocenters. The van der Waals surface area contributed by atoms with Crippen LogP contribution in [0.3, 0.4) is 0 Å². The summed E-state index contributed by atoms with van der Waals surface area (Å²) < 4.78 is 0.647. The van der Waals surface area contributed by atoms with Gasteiger partial charge < -0.3 is 0 Å². The number of carbonyl (C=O) groups is 2. The van der Waals surface area contributed by atoms with Gasteiger partial charge in [0.2, 0.25) is 11.8 Å². The summed E-state index contributed by atoms with van der Waals surface area (Å²) in [6.07, 6.45) is 0. The zero-order valence-electron chi connectivity index (χ0n) is 8.07. The first-order chi connectivity index (χ1) is 7.59. The Morgan fingerprint density at radius 1 is 1.25 bits per heavy atom. The number of nitrogens with zero attached hydrogens (tertiary/aromatic N) is 1. The van der Waals surface area contributed by atoms with Crippen LogP contribution in [-0.4, -0.2) is 23.3 Å². The van der Waals surface area contributed by atoms with Crippen molar-refractivity contribution in [2.75, 3.05) is 16.4 Å². The van der Waals surface area contributed by atoms with E-state index in [4.69, 9.17) is 11.6 Å². The summed E-state index contributed by atoms with van der Waals surface area (Å²) in [7, 11) is 0. The lowest BCUT2D eigenvalue weighted by Gasteiger charge is -2.25. The molecule has 2 amide bonds. The molecule has 0 spiro atoms. The van der Waals surface area contributed by atoms with Gasteiger partial charge in [0.05, 0.1) is 17.2 Å². The summed E-state index contributed by atoms with van der Waals surface area (Å²) in [4.78, 5) is 24.6. The third-order valence-corrected chi connectivity index (χ3v) is 3.87. The second-order valence-electron chi connectivity index (χ2n) is 3.21. The normalized spacial score (nSPS) is 16.8. The van der Waals surface area contributed by atoms with Crippen LogP contribution < -0.4 is 4.90 Å². The summed E-state index contributed by atoms with van der Waals surface area (Å²) >= 11 is 10.4. The smallest absolute Gasteiger partial charge is 0.243 e. The van der Waals surface area contributed by atoms with Crippen LogP contribution in [0.1, 0.15) is 0 Å². The summed E-state index contributed by atoms with van der Waals surface area (Å²) in [5.41, 5.74) is 0.555. The lowest BCUT2D eigenvalue weighted by atomic mass is 10.3. The Morgan fingerprint density at radius 3 is 2.44 bits per heavy atom. The molecule has 84 valence electrons. The molecule has 1 saturated heterocycles. The fourth-order valence-corrected chi connectivity index (χ4v) is 2.99. The van der Waals surface area contributed by atoms with Gasteiger partial charge in [0.1, 0.15) is 0 Å². The maximum absolute atomic E-state index is 11.7. The molecule has 1 aliphatic rings. The first-order valence-electron chi connectivity index (χ1n) is 4.48. The van der Waals surface area contributed by atoms with E-state index in [0.717, 1.165) is 0 Å². The average molecular weight is 321 g/mol. The summed E-state index contributed by atoms with van der Waals surface area (Å²) in [5.74, 6) is 0.287. The Bertz CT molecular complexity index is 450. The minimum Gasteiger partial charge on any atom is -0.273 e. The molecule has 1 aromatic rings. The molecular formula is C10H7BrClNO2S. The molecule has 1 heterocycles. The first kappa shape index (κ1) is 12.0. The Hall–Kier alpha value is -0.520. The summed E-state index contributed by atoms with van der Waals surface area (Å²) in [5, 5.41) is 0.557. The number of carbonyl (C=O) groups excluding carboxylic acids is 2. The van der Waals surface area contributed by atoms with Crippen LogP contribution in [0.4, 0.5) is 5.69 Å². The number of thioether (sulfide) groups is 1. The van der Waals surface area contributed by atoms with Gasteiger partial charge in [-0.25, -0.2) is 4.90 Å². The van der Waals surface area contributed by atoms with Crippen LogP contribution >= 0.6 is 39.3 Å². The minimum atomic E-state index is -0.190. The van der Waals surface area contributed by atoms with Crippen molar-refractivity contribution in [3.63, 3.8) is 0 Å². The molecule has 2 rings (SSSR count). The molecule has 0 N–H and O–H groups in total. The second kappa shape index (κ2) is 4.77. The van der Waals surface area contributed by atoms with Crippen molar-refractivity contribution < 1.29 is 9.59 Å². The fourth-order valence-electron chi connectivity index (χ4n) is 1.43. The predicted octanol–water partition coefficient (Wildman–Crippen LogP) is 2.71. The van der Waals surface area contributed by atoms with Crippen molar-refractivity contribution in [1.82, 2.24) is 0 Å². The molecule has 16 heavy (non-hydrogen) atoms. The Kier molecular flexibility index (Phi) is 3.56. The predicted molar refractivity (Wildman–Crippen MR) is 69.0 cm³/mol. The molecule has 0 bridgehead atoms. The minimum absolute atomic E-state index is 0.190. The molecule has 0 radical (unpaired) electrons. The van der Waals surface area contributed by atoms with E-state index in [2.05, 4.69) is 15.9 Å². The fraction of sp³-hybridized carbons (Fsp3) is 0.200. The molecule has 0 aliphatic carbocycles. The van der Waals surface area contributed by atoms with E-state index < -0.39 is 0 Å². The molecule has 1 aromatic carbocycles. The first-order valence-corrected chi connectivity index (χ1v) is 6.81. The Labute approximate surface area is 110 Å². The van der Waals surface area contributed by atoms with E-state index in [1.807, 2.05) is 0 Å². The van der Waals surface area contributed by atoms with E-state index in [1.54, 1.807) is 18.2 Å². The van der Waals surface area contributed by atoms with Crippen molar-refractivity contribution in [1.29, 1.82) is 0 Å². The molecule has 1 fully saturated rings. The van der Waals surface area contributed by atoms with Crippen molar-refractivity contribution in [3.8, 4) is 0 Å². The number of hydrogen-bond donors (Lipinski definition) is 0. The Morgan fingerprint density at radius 2 is 1.88 bits per heavy atom. The van der Waals surface area contributed by atoms with E-state index in [0.29, 0.717) is 26.7 Å². The zero-order valence-corrected chi connectivity index (χ0v) is 11.2. The maximum Gasteiger partial charge on any atom is 0.243 e. The highest BCUT2D eigenvalue weighted by Gasteiger charge is 2.29. The number of halogens is 2. The maximum atomic E-state index is 11.7. The van der Waals surface area contributed by atoms with E-state index in [9.17, 15) is 9.59 Å². The zero-order chi connectivity index (χ0) is 11.7. The lowest BCUT2D eigenvalue weighted by molar-refractivity contribution is -0.124. The molecule has 0 saturated carbocycles.